The van der Waals surface area contributed by atoms with Crippen molar-refractivity contribution < 1.29 is 18.0 Å². The molecule has 0 aromatic rings. The van der Waals surface area contributed by atoms with Crippen LogP contribution in [0.15, 0.2) is 0 Å². The van der Waals surface area contributed by atoms with Gasteiger partial charge >= 0.3 is 0 Å². The number of sulfone groups is 1. The summed E-state index contributed by atoms with van der Waals surface area (Å²) < 4.78 is 23.0. The Labute approximate surface area is 114 Å². The van der Waals surface area contributed by atoms with Gasteiger partial charge in [-0.25, -0.2) is 8.42 Å². The van der Waals surface area contributed by atoms with Crippen LogP contribution in [0.25, 0.3) is 0 Å². The van der Waals surface area contributed by atoms with Gasteiger partial charge in [0.05, 0.1) is 11.5 Å². The fourth-order valence-electron chi connectivity index (χ4n) is 2.18. The van der Waals surface area contributed by atoms with Crippen molar-refractivity contribution in [1.82, 2.24) is 10.2 Å². The van der Waals surface area contributed by atoms with E-state index in [1.807, 2.05) is 0 Å². The van der Waals surface area contributed by atoms with Crippen molar-refractivity contribution in [1.29, 1.82) is 0 Å². The van der Waals surface area contributed by atoms with E-state index in [-0.39, 0.29) is 29.4 Å². The molecule has 0 bridgehead atoms. The van der Waals surface area contributed by atoms with E-state index in [1.54, 1.807) is 18.7 Å². The highest BCUT2D eigenvalue weighted by Gasteiger charge is 2.33. The Kier molecular flexibility index (Phi) is 5.78. The summed E-state index contributed by atoms with van der Waals surface area (Å²) in [5.41, 5.74) is 0. The molecule has 0 spiro atoms. The van der Waals surface area contributed by atoms with Gasteiger partial charge in [-0.15, -0.1) is 0 Å². The summed E-state index contributed by atoms with van der Waals surface area (Å²) in [4.78, 5) is 24.6. The molecule has 1 saturated heterocycles. The van der Waals surface area contributed by atoms with Gasteiger partial charge in [0.25, 0.3) is 0 Å². The maximum atomic E-state index is 11.9. The molecule has 0 saturated carbocycles. The third-order valence-electron chi connectivity index (χ3n) is 3.27. The predicted octanol–water partition coefficient (Wildman–Crippen LogP) is -0.0617. The van der Waals surface area contributed by atoms with Crippen LogP contribution >= 0.6 is 0 Å². The van der Waals surface area contributed by atoms with Crippen LogP contribution in [0.3, 0.4) is 0 Å². The molecule has 0 radical (unpaired) electrons. The summed E-state index contributed by atoms with van der Waals surface area (Å²) in [5.74, 6) is 0.0585. The van der Waals surface area contributed by atoms with Gasteiger partial charge < -0.3 is 10.2 Å². The number of rotatable bonds is 6. The quantitative estimate of drug-likeness (QED) is 0.743. The summed E-state index contributed by atoms with van der Waals surface area (Å²) in [7, 11) is -3.01. The van der Waals surface area contributed by atoms with Crippen LogP contribution in [0.1, 0.15) is 33.1 Å². The third kappa shape index (κ3) is 4.81. The SMILES string of the molecule is CCC(=O)NCCN(C(=O)CC)C1CCS(=O)(=O)C1. The van der Waals surface area contributed by atoms with Crippen LogP contribution in [-0.2, 0) is 19.4 Å². The Hall–Kier alpha value is -1.11. The molecule has 1 fully saturated rings. The number of amides is 2. The standard InChI is InChI=1S/C12H22N2O4S/c1-3-11(15)13-6-7-14(12(16)4-2)10-5-8-19(17,18)9-10/h10H,3-9H2,1-2H3,(H,13,15). The van der Waals surface area contributed by atoms with Crippen LogP contribution in [0.5, 0.6) is 0 Å². The van der Waals surface area contributed by atoms with Crippen molar-refractivity contribution in [3.63, 3.8) is 0 Å². The van der Waals surface area contributed by atoms with Crippen molar-refractivity contribution in [3.05, 3.63) is 0 Å². The molecule has 0 aliphatic carbocycles. The Bertz CT molecular complexity index is 433. The largest absolute Gasteiger partial charge is 0.354 e. The molecule has 2 amide bonds. The van der Waals surface area contributed by atoms with Crippen molar-refractivity contribution >= 4 is 21.7 Å². The van der Waals surface area contributed by atoms with Gasteiger partial charge in [0.15, 0.2) is 9.84 Å². The highest BCUT2D eigenvalue weighted by molar-refractivity contribution is 7.91. The molecule has 1 aliphatic rings. The zero-order chi connectivity index (χ0) is 14.5. The molecule has 1 aliphatic heterocycles. The Morgan fingerprint density at radius 1 is 1.26 bits per heavy atom. The summed E-state index contributed by atoms with van der Waals surface area (Å²) in [6.07, 6.45) is 1.24. The highest BCUT2D eigenvalue weighted by Crippen LogP contribution is 2.18. The monoisotopic (exact) mass is 290 g/mol. The fraction of sp³-hybridized carbons (Fsp3) is 0.833. The zero-order valence-corrected chi connectivity index (χ0v) is 12.3. The minimum atomic E-state index is -3.01. The van der Waals surface area contributed by atoms with Gasteiger partial charge in [-0.2, -0.15) is 0 Å². The first-order valence-electron chi connectivity index (χ1n) is 6.66. The molecule has 1 heterocycles. The zero-order valence-electron chi connectivity index (χ0n) is 11.5. The second kappa shape index (κ2) is 6.88. The molecular formula is C12H22N2O4S. The minimum Gasteiger partial charge on any atom is -0.354 e. The topological polar surface area (TPSA) is 83.6 Å². The second-order valence-electron chi connectivity index (χ2n) is 4.70. The molecule has 7 heteroatoms. The molecule has 1 rings (SSSR count). The minimum absolute atomic E-state index is 0.0421. The van der Waals surface area contributed by atoms with Gasteiger partial charge in [-0.3, -0.25) is 9.59 Å². The maximum Gasteiger partial charge on any atom is 0.222 e. The molecule has 1 atom stereocenters. The van der Waals surface area contributed by atoms with Crippen molar-refractivity contribution in [2.75, 3.05) is 24.6 Å². The number of carbonyl (C=O) groups is 2. The first-order valence-corrected chi connectivity index (χ1v) is 8.48. The van der Waals surface area contributed by atoms with E-state index in [0.29, 0.717) is 32.4 Å². The lowest BCUT2D eigenvalue weighted by atomic mass is 10.2. The maximum absolute atomic E-state index is 11.9. The number of carbonyl (C=O) groups excluding carboxylic acids is 2. The van der Waals surface area contributed by atoms with Gasteiger partial charge in [-0.1, -0.05) is 13.8 Å². The van der Waals surface area contributed by atoms with Gasteiger partial charge in [-0.05, 0) is 6.42 Å². The molecular weight excluding hydrogens is 268 g/mol. The van der Waals surface area contributed by atoms with E-state index in [9.17, 15) is 18.0 Å². The predicted molar refractivity (Wildman–Crippen MR) is 72.4 cm³/mol. The molecule has 110 valence electrons. The fourth-order valence-corrected chi connectivity index (χ4v) is 3.91. The molecule has 1 unspecified atom stereocenters. The molecule has 1 N–H and O–H groups in total. The molecule has 0 aromatic carbocycles. The molecule has 0 aromatic heterocycles. The van der Waals surface area contributed by atoms with Crippen LogP contribution in [0.2, 0.25) is 0 Å². The van der Waals surface area contributed by atoms with Gasteiger partial charge in [0.2, 0.25) is 11.8 Å². The lowest BCUT2D eigenvalue weighted by Gasteiger charge is -2.28. The Morgan fingerprint density at radius 2 is 1.95 bits per heavy atom. The lowest BCUT2D eigenvalue weighted by Crippen LogP contribution is -2.45. The number of nitrogens with zero attached hydrogens (tertiary/aromatic N) is 1. The smallest absolute Gasteiger partial charge is 0.222 e. The van der Waals surface area contributed by atoms with E-state index in [2.05, 4.69) is 5.32 Å². The Morgan fingerprint density at radius 3 is 2.42 bits per heavy atom. The van der Waals surface area contributed by atoms with Gasteiger partial charge in [0.1, 0.15) is 0 Å². The average molecular weight is 290 g/mol. The normalized spacial score (nSPS) is 21.1. The van der Waals surface area contributed by atoms with Gasteiger partial charge in [0, 0.05) is 32.0 Å². The third-order valence-corrected chi connectivity index (χ3v) is 5.02. The molecule has 19 heavy (non-hydrogen) atoms. The highest BCUT2D eigenvalue weighted by atomic mass is 32.2. The first kappa shape index (κ1) is 15.9. The van der Waals surface area contributed by atoms with E-state index in [0.717, 1.165) is 0 Å². The van der Waals surface area contributed by atoms with E-state index in [1.165, 1.54) is 0 Å². The summed E-state index contributed by atoms with van der Waals surface area (Å²) >= 11 is 0. The second-order valence-corrected chi connectivity index (χ2v) is 6.93. The van der Waals surface area contributed by atoms with Crippen LogP contribution in [0.4, 0.5) is 0 Å². The Balaban J connectivity index is 2.58. The van der Waals surface area contributed by atoms with Crippen molar-refractivity contribution in [2.24, 2.45) is 0 Å². The van der Waals surface area contributed by atoms with E-state index >= 15 is 0 Å². The summed E-state index contributed by atoms with van der Waals surface area (Å²) in [5, 5.41) is 2.70. The molecule has 6 nitrogen and oxygen atoms in total. The van der Waals surface area contributed by atoms with Crippen LogP contribution < -0.4 is 5.32 Å². The number of hydrogen-bond acceptors (Lipinski definition) is 4. The number of hydrogen-bond donors (Lipinski definition) is 1. The lowest BCUT2D eigenvalue weighted by molar-refractivity contribution is -0.133. The van der Waals surface area contributed by atoms with E-state index < -0.39 is 9.84 Å². The van der Waals surface area contributed by atoms with Crippen molar-refractivity contribution in [3.8, 4) is 0 Å². The average Bonchev–Trinajstić information content (AvgIpc) is 2.73. The summed E-state index contributed by atoms with van der Waals surface area (Å²) in [6, 6.07) is -0.240. The first-order chi connectivity index (χ1) is 8.89. The van der Waals surface area contributed by atoms with Crippen LogP contribution in [-0.4, -0.2) is 55.8 Å². The number of nitrogens with one attached hydrogen (secondary N) is 1. The summed E-state index contributed by atoms with van der Waals surface area (Å²) in [6.45, 7) is 4.25. The van der Waals surface area contributed by atoms with E-state index in [4.69, 9.17) is 0 Å². The van der Waals surface area contributed by atoms with Crippen molar-refractivity contribution in [2.45, 2.75) is 39.2 Å². The van der Waals surface area contributed by atoms with Crippen LogP contribution in [0, 0.1) is 0 Å².